The number of benzene rings is 2. The minimum Gasteiger partial charge on any atom is -0.465 e. The van der Waals surface area contributed by atoms with Crippen LogP contribution in [0.3, 0.4) is 0 Å². The molecule has 39 heavy (non-hydrogen) atoms. The number of carboxylic acid groups (broad SMARTS) is 1. The second-order valence-corrected chi connectivity index (χ2v) is 11.6. The molecule has 0 aliphatic carbocycles. The van der Waals surface area contributed by atoms with Crippen LogP contribution in [-0.4, -0.2) is 78.5 Å². The van der Waals surface area contributed by atoms with E-state index in [0.717, 1.165) is 21.2 Å². The first-order valence-corrected chi connectivity index (χ1v) is 14.1. The van der Waals surface area contributed by atoms with Gasteiger partial charge in [0.05, 0.1) is 30.6 Å². The van der Waals surface area contributed by atoms with Gasteiger partial charge in [-0.3, -0.25) is 9.59 Å². The van der Waals surface area contributed by atoms with Crippen molar-refractivity contribution in [1.29, 1.82) is 0 Å². The predicted molar refractivity (Wildman–Crippen MR) is 147 cm³/mol. The summed E-state index contributed by atoms with van der Waals surface area (Å²) in [7, 11) is 0. The lowest BCUT2D eigenvalue weighted by molar-refractivity contribution is -0.126. The fourth-order valence-corrected chi connectivity index (χ4v) is 6.16. The Labute approximate surface area is 231 Å². The van der Waals surface area contributed by atoms with E-state index in [4.69, 9.17) is 9.47 Å². The molecular formula is C28H34N4O6S. The molecule has 3 amide bonds. The van der Waals surface area contributed by atoms with Crippen LogP contribution in [0.4, 0.5) is 16.2 Å². The molecule has 0 spiro atoms. The van der Waals surface area contributed by atoms with E-state index < -0.39 is 24.3 Å². The number of morpholine rings is 1. The van der Waals surface area contributed by atoms with Gasteiger partial charge in [0.25, 0.3) is 5.91 Å². The van der Waals surface area contributed by atoms with Crippen molar-refractivity contribution in [1.82, 2.24) is 15.5 Å². The van der Waals surface area contributed by atoms with Crippen LogP contribution in [-0.2, 0) is 14.3 Å². The molecule has 5 rings (SSSR count). The average molecular weight is 555 g/mol. The number of ether oxygens (including phenoxy) is 2. The molecule has 2 aromatic carbocycles. The normalized spacial score (nSPS) is 22.8. The first kappa shape index (κ1) is 27.3. The molecule has 11 heteroatoms. The molecule has 2 saturated heterocycles. The summed E-state index contributed by atoms with van der Waals surface area (Å²) >= 11 is 1.65. The van der Waals surface area contributed by atoms with E-state index in [9.17, 15) is 19.5 Å². The number of fused-ring (bicyclic) bond motifs is 2. The summed E-state index contributed by atoms with van der Waals surface area (Å²) in [6, 6.07) is 12.4. The standard InChI is InChI=1S/C28H34N4O6S/c1-16(2)13-21(27(34)30-19-9-11-38-25(19)22-15-32(28(35)36)10-12-37-22)31-26(33)17-7-8-24-20(14-17)29-18-5-3-4-6-23(18)39-24/h3-8,14,16,19,21-22,25,29H,9-13,15H2,1-2H3,(H,30,34)(H,31,33)(H,35,36)/t19?,21-,22?,25?/m0/s1. The second-order valence-electron chi connectivity index (χ2n) is 10.5. The second kappa shape index (κ2) is 11.8. The Morgan fingerprint density at radius 3 is 2.69 bits per heavy atom. The van der Waals surface area contributed by atoms with Crippen LogP contribution < -0.4 is 16.0 Å². The molecule has 0 aromatic heterocycles. The number of carbonyl (C=O) groups is 3. The lowest BCUT2D eigenvalue weighted by atomic mass is 10.00. The predicted octanol–water partition coefficient (Wildman–Crippen LogP) is 3.69. The number of hydrogen-bond donors (Lipinski definition) is 4. The Morgan fingerprint density at radius 2 is 1.90 bits per heavy atom. The largest absolute Gasteiger partial charge is 0.465 e. The van der Waals surface area contributed by atoms with E-state index in [1.54, 1.807) is 17.8 Å². The highest BCUT2D eigenvalue weighted by Crippen LogP contribution is 2.44. The van der Waals surface area contributed by atoms with Gasteiger partial charge in [0.2, 0.25) is 5.91 Å². The van der Waals surface area contributed by atoms with Crippen LogP contribution in [0.5, 0.6) is 0 Å². The van der Waals surface area contributed by atoms with E-state index in [-0.39, 0.29) is 36.9 Å². The molecule has 0 bridgehead atoms. The van der Waals surface area contributed by atoms with Gasteiger partial charge in [0.15, 0.2) is 0 Å². The monoisotopic (exact) mass is 554 g/mol. The maximum Gasteiger partial charge on any atom is 0.407 e. The molecular weight excluding hydrogens is 520 g/mol. The number of nitrogens with one attached hydrogen (secondary N) is 3. The molecule has 10 nitrogen and oxygen atoms in total. The van der Waals surface area contributed by atoms with Crippen LogP contribution in [0.2, 0.25) is 0 Å². The first-order valence-electron chi connectivity index (χ1n) is 13.3. The topological polar surface area (TPSA) is 129 Å². The van der Waals surface area contributed by atoms with Crippen LogP contribution in [0, 0.1) is 5.92 Å². The van der Waals surface area contributed by atoms with E-state index >= 15 is 0 Å². The Kier molecular flexibility index (Phi) is 8.29. The summed E-state index contributed by atoms with van der Waals surface area (Å²) in [6.07, 6.45) is -0.872. The SMILES string of the molecule is CC(C)C[C@H](NC(=O)c1ccc2c(c1)Nc1ccccc1S2)C(=O)NC1CCOC1C1CN(C(=O)O)CCO1. The molecule has 3 aliphatic rings. The maximum absolute atomic E-state index is 13.4. The first-order chi connectivity index (χ1) is 18.8. The van der Waals surface area contributed by atoms with Gasteiger partial charge >= 0.3 is 6.09 Å². The molecule has 2 fully saturated rings. The van der Waals surface area contributed by atoms with Crippen molar-refractivity contribution in [2.45, 2.75) is 60.8 Å². The third kappa shape index (κ3) is 6.32. The van der Waals surface area contributed by atoms with E-state index in [1.807, 2.05) is 50.2 Å². The van der Waals surface area contributed by atoms with Gasteiger partial charge < -0.3 is 35.4 Å². The summed E-state index contributed by atoms with van der Waals surface area (Å²) in [5, 5.41) is 18.8. The number of para-hydroxylation sites is 1. The highest BCUT2D eigenvalue weighted by atomic mass is 32.2. The highest BCUT2D eigenvalue weighted by Gasteiger charge is 2.40. The molecule has 208 valence electrons. The van der Waals surface area contributed by atoms with Gasteiger partial charge in [-0.1, -0.05) is 37.7 Å². The van der Waals surface area contributed by atoms with Gasteiger partial charge in [0.1, 0.15) is 18.2 Å². The lowest BCUT2D eigenvalue weighted by Gasteiger charge is -2.36. The van der Waals surface area contributed by atoms with Gasteiger partial charge in [-0.05, 0) is 49.1 Å². The van der Waals surface area contributed by atoms with Crippen molar-refractivity contribution in [3.8, 4) is 0 Å². The third-order valence-corrected chi connectivity index (χ3v) is 8.29. The van der Waals surface area contributed by atoms with Crippen LogP contribution in [0.25, 0.3) is 0 Å². The summed E-state index contributed by atoms with van der Waals surface area (Å²) in [5.41, 5.74) is 2.31. The molecule has 3 heterocycles. The zero-order chi connectivity index (χ0) is 27.5. The van der Waals surface area contributed by atoms with Gasteiger partial charge in [-0.2, -0.15) is 0 Å². The Bertz CT molecular complexity index is 1240. The van der Waals surface area contributed by atoms with Crippen molar-refractivity contribution < 1.29 is 29.0 Å². The van der Waals surface area contributed by atoms with E-state index in [2.05, 4.69) is 16.0 Å². The molecule has 0 saturated carbocycles. The number of rotatable bonds is 7. The smallest absolute Gasteiger partial charge is 0.407 e. The molecule has 3 aliphatic heterocycles. The van der Waals surface area contributed by atoms with Gasteiger partial charge in [-0.15, -0.1) is 0 Å². The number of hydrogen-bond acceptors (Lipinski definition) is 7. The van der Waals surface area contributed by atoms with Crippen LogP contribution in [0.15, 0.2) is 52.3 Å². The zero-order valence-corrected chi connectivity index (χ0v) is 22.8. The Balaban J connectivity index is 1.25. The minimum atomic E-state index is -0.998. The lowest BCUT2D eigenvalue weighted by Crippen LogP contribution is -2.57. The van der Waals surface area contributed by atoms with Crippen LogP contribution >= 0.6 is 11.8 Å². The minimum absolute atomic E-state index is 0.167. The Morgan fingerprint density at radius 1 is 1.10 bits per heavy atom. The van der Waals surface area contributed by atoms with Crippen molar-refractivity contribution in [3.05, 3.63) is 48.0 Å². The molecule has 2 aromatic rings. The van der Waals surface area contributed by atoms with Crippen LogP contribution in [0.1, 0.15) is 37.0 Å². The van der Waals surface area contributed by atoms with E-state index in [1.165, 1.54) is 4.90 Å². The number of anilines is 2. The number of nitrogens with zero attached hydrogens (tertiary/aromatic N) is 1. The molecule has 4 atom stereocenters. The zero-order valence-electron chi connectivity index (χ0n) is 22.0. The van der Waals surface area contributed by atoms with Gasteiger partial charge in [-0.25, -0.2) is 4.79 Å². The van der Waals surface area contributed by atoms with Crippen molar-refractivity contribution in [3.63, 3.8) is 0 Å². The van der Waals surface area contributed by atoms with Crippen molar-refractivity contribution in [2.24, 2.45) is 5.92 Å². The van der Waals surface area contributed by atoms with Crippen molar-refractivity contribution in [2.75, 3.05) is 31.6 Å². The fraction of sp³-hybridized carbons (Fsp3) is 0.464. The van der Waals surface area contributed by atoms with Crippen molar-refractivity contribution >= 4 is 41.0 Å². The summed E-state index contributed by atoms with van der Waals surface area (Å²) in [5.74, 6) is -0.444. The summed E-state index contributed by atoms with van der Waals surface area (Å²) in [4.78, 5) is 41.6. The molecule has 4 N–H and O–H groups in total. The van der Waals surface area contributed by atoms with Gasteiger partial charge in [0, 0.05) is 28.5 Å². The average Bonchev–Trinajstić information content (AvgIpc) is 3.39. The third-order valence-electron chi connectivity index (χ3n) is 7.14. The summed E-state index contributed by atoms with van der Waals surface area (Å²) in [6.45, 7) is 5.22. The summed E-state index contributed by atoms with van der Waals surface area (Å²) < 4.78 is 11.7. The quantitative estimate of drug-likeness (QED) is 0.348. The molecule has 0 radical (unpaired) electrons. The molecule has 3 unspecified atom stereocenters. The number of carbonyl (C=O) groups excluding carboxylic acids is 2. The Hall–Kier alpha value is -3.28. The fourth-order valence-electron chi connectivity index (χ4n) is 5.19. The van der Waals surface area contributed by atoms with E-state index in [0.29, 0.717) is 31.6 Å². The maximum atomic E-state index is 13.4. The number of amides is 3. The highest BCUT2D eigenvalue weighted by molar-refractivity contribution is 7.99.